The van der Waals surface area contributed by atoms with Crippen LogP contribution in [0.3, 0.4) is 0 Å². The minimum atomic E-state index is 0.109. The van der Waals surface area contributed by atoms with E-state index in [9.17, 15) is 4.79 Å². The minimum Gasteiger partial charge on any atom is -0.293 e. The topological polar surface area (TPSA) is 47.8 Å². The van der Waals surface area contributed by atoms with Crippen molar-refractivity contribution >= 4 is 17.5 Å². The zero-order valence-electron chi connectivity index (χ0n) is 9.75. The number of carbonyl (C=O) groups excluding carboxylic acids is 1. The largest absolute Gasteiger partial charge is 0.293 e. The van der Waals surface area contributed by atoms with Crippen molar-refractivity contribution in [3.8, 4) is 0 Å². The van der Waals surface area contributed by atoms with Gasteiger partial charge in [-0.15, -0.1) is 0 Å². The van der Waals surface area contributed by atoms with Crippen LogP contribution in [0.4, 0.5) is 0 Å². The molecule has 0 radical (unpaired) electrons. The summed E-state index contributed by atoms with van der Waals surface area (Å²) in [7, 11) is 1.81. The highest BCUT2D eigenvalue weighted by atomic mass is 32.2. The maximum Gasteiger partial charge on any atom is 0.186 e. The van der Waals surface area contributed by atoms with Crippen LogP contribution in [0.5, 0.6) is 0 Å². The van der Waals surface area contributed by atoms with E-state index < -0.39 is 0 Å². The van der Waals surface area contributed by atoms with Crippen molar-refractivity contribution < 1.29 is 4.79 Å². The van der Waals surface area contributed by atoms with Crippen LogP contribution in [-0.4, -0.2) is 26.3 Å². The molecule has 1 aromatic heterocycles. The maximum atomic E-state index is 11.9. The van der Waals surface area contributed by atoms with Gasteiger partial charge in [-0.05, 0) is 6.92 Å². The van der Waals surface area contributed by atoms with Crippen LogP contribution in [0.2, 0.25) is 0 Å². The average molecular weight is 247 g/mol. The second kappa shape index (κ2) is 5.14. The molecule has 0 fully saturated rings. The Morgan fingerprint density at radius 3 is 2.65 bits per heavy atom. The van der Waals surface area contributed by atoms with Crippen molar-refractivity contribution in [2.24, 2.45) is 7.05 Å². The highest BCUT2D eigenvalue weighted by Crippen LogP contribution is 2.15. The normalized spacial score (nSPS) is 10.5. The first-order valence-corrected chi connectivity index (χ1v) is 6.22. The fourth-order valence-electron chi connectivity index (χ4n) is 1.37. The molecule has 1 aromatic carbocycles. The van der Waals surface area contributed by atoms with Crippen molar-refractivity contribution in [1.82, 2.24) is 14.8 Å². The summed E-state index contributed by atoms with van der Waals surface area (Å²) in [4.78, 5) is 15.9. The summed E-state index contributed by atoms with van der Waals surface area (Å²) >= 11 is 1.40. The number of nitrogens with zero attached hydrogens (tertiary/aromatic N) is 3. The SMILES string of the molecule is Cc1ccc(C(=O)CSc2ncnn2C)cc1. The second-order valence-corrected chi connectivity index (χ2v) is 4.69. The Balaban J connectivity index is 1.98. The molecule has 0 saturated carbocycles. The summed E-state index contributed by atoms with van der Waals surface area (Å²) in [6.07, 6.45) is 1.48. The first kappa shape index (κ1) is 11.9. The molecule has 17 heavy (non-hydrogen) atoms. The molecule has 5 heteroatoms. The number of hydrogen-bond acceptors (Lipinski definition) is 4. The molecule has 0 aliphatic rings. The van der Waals surface area contributed by atoms with Gasteiger partial charge in [0, 0.05) is 12.6 Å². The van der Waals surface area contributed by atoms with Crippen LogP contribution in [-0.2, 0) is 7.05 Å². The van der Waals surface area contributed by atoms with Crippen molar-refractivity contribution in [3.63, 3.8) is 0 Å². The van der Waals surface area contributed by atoms with Crippen molar-refractivity contribution in [2.45, 2.75) is 12.1 Å². The highest BCUT2D eigenvalue weighted by Gasteiger charge is 2.08. The number of thioether (sulfide) groups is 1. The molecule has 2 rings (SSSR count). The van der Waals surface area contributed by atoms with Crippen LogP contribution < -0.4 is 0 Å². The zero-order chi connectivity index (χ0) is 12.3. The van der Waals surface area contributed by atoms with E-state index in [1.54, 1.807) is 4.68 Å². The maximum absolute atomic E-state index is 11.9. The van der Waals surface area contributed by atoms with Gasteiger partial charge < -0.3 is 0 Å². The van der Waals surface area contributed by atoms with Gasteiger partial charge in [-0.3, -0.25) is 4.79 Å². The summed E-state index contributed by atoms with van der Waals surface area (Å²) < 4.78 is 1.66. The summed E-state index contributed by atoms with van der Waals surface area (Å²) in [6.45, 7) is 2.00. The van der Waals surface area contributed by atoms with Crippen LogP contribution in [0.15, 0.2) is 35.7 Å². The fourth-order valence-corrected chi connectivity index (χ4v) is 2.15. The summed E-state index contributed by atoms with van der Waals surface area (Å²) in [5, 5.41) is 4.71. The van der Waals surface area contributed by atoms with Gasteiger partial charge in [-0.2, -0.15) is 5.10 Å². The highest BCUT2D eigenvalue weighted by molar-refractivity contribution is 7.99. The molecule has 0 aliphatic heterocycles. The van der Waals surface area contributed by atoms with Crippen molar-refractivity contribution in [1.29, 1.82) is 0 Å². The van der Waals surface area contributed by atoms with E-state index in [1.165, 1.54) is 18.1 Å². The van der Waals surface area contributed by atoms with E-state index in [2.05, 4.69) is 10.1 Å². The van der Waals surface area contributed by atoms with Gasteiger partial charge in [0.2, 0.25) is 0 Å². The lowest BCUT2D eigenvalue weighted by Gasteiger charge is -2.01. The molecule has 2 aromatic rings. The molecule has 4 nitrogen and oxygen atoms in total. The van der Waals surface area contributed by atoms with Crippen molar-refractivity contribution in [3.05, 3.63) is 41.7 Å². The molecule has 88 valence electrons. The Morgan fingerprint density at radius 2 is 2.06 bits per heavy atom. The Labute approximate surface area is 104 Å². The van der Waals surface area contributed by atoms with Gasteiger partial charge in [0.05, 0.1) is 5.75 Å². The Kier molecular flexibility index (Phi) is 3.58. The van der Waals surface area contributed by atoms with Gasteiger partial charge in [-0.25, -0.2) is 9.67 Å². The van der Waals surface area contributed by atoms with Crippen molar-refractivity contribution in [2.75, 3.05) is 5.75 Å². The molecule has 0 amide bonds. The van der Waals surface area contributed by atoms with Crippen LogP contribution in [0.25, 0.3) is 0 Å². The molecule has 0 N–H and O–H groups in total. The Morgan fingerprint density at radius 1 is 1.35 bits per heavy atom. The number of aromatic nitrogens is 3. The smallest absolute Gasteiger partial charge is 0.186 e. The number of hydrogen-bond donors (Lipinski definition) is 0. The minimum absolute atomic E-state index is 0.109. The Hall–Kier alpha value is -1.62. The number of carbonyl (C=O) groups is 1. The van der Waals surface area contributed by atoms with Crippen LogP contribution in [0, 0.1) is 6.92 Å². The third kappa shape index (κ3) is 2.94. The third-order valence-electron chi connectivity index (χ3n) is 2.38. The lowest BCUT2D eigenvalue weighted by atomic mass is 10.1. The quantitative estimate of drug-likeness (QED) is 0.613. The number of aryl methyl sites for hydroxylation is 2. The Bertz CT molecular complexity index is 519. The number of ketones is 1. The fraction of sp³-hybridized carbons (Fsp3) is 0.250. The monoisotopic (exact) mass is 247 g/mol. The summed E-state index contributed by atoms with van der Waals surface area (Å²) in [6, 6.07) is 7.60. The molecular formula is C12H13N3OS. The molecule has 0 unspecified atom stereocenters. The van der Waals surface area contributed by atoms with Crippen LogP contribution >= 0.6 is 11.8 Å². The number of benzene rings is 1. The third-order valence-corrected chi connectivity index (χ3v) is 3.41. The van der Waals surface area contributed by atoms with Gasteiger partial charge in [0.1, 0.15) is 6.33 Å². The van der Waals surface area contributed by atoms with E-state index in [0.717, 1.165) is 16.3 Å². The van der Waals surface area contributed by atoms with E-state index in [4.69, 9.17) is 0 Å². The van der Waals surface area contributed by atoms with Gasteiger partial charge in [0.15, 0.2) is 10.9 Å². The molecular weight excluding hydrogens is 234 g/mol. The standard InChI is InChI=1S/C12H13N3OS/c1-9-3-5-10(6-4-9)11(16)7-17-12-13-8-14-15(12)2/h3-6,8H,7H2,1-2H3. The molecule has 0 aliphatic carbocycles. The lowest BCUT2D eigenvalue weighted by Crippen LogP contribution is -2.03. The van der Waals surface area contributed by atoms with E-state index in [0.29, 0.717) is 5.75 Å². The molecule has 0 spiro atoms. The molecule has 0 saturated heterocycles. The zero-order valence-corrected chi connectivity index (χ0v) is 10.6. The first-order valence-electron chi connectivity index (χ1n) is 5.23. The average Bonchev–Trinajstić information content (AvgIpc) is 2.73. The predicted molar refractivity (Wildman–Crippen MR) is 67.2 cm³/mol. The second-order valence-electron chi connectivity index (χ2n) is 3.74. The van der Waals surface area contributed by atoms with Gasteiger partial charge in [0.25, 0.3) is 0 Å². The molecule has 0 atom stereocenters. The van der Waals surface area contributed by atoms with Gasteiger partial charge in [-0.1, -0.05) is 41.6 Å². The number of Topliss-reactive ketones (excluding diaryl/α,β-unsaturated/α-hetero) is 1. The van der Waals surface area contributed by atoms with E-state index in [1.807, 2.05) is 38.2 Å². The lowest BCUT2D eigenvalue weighted by molar-refractivity contribution is 0.102. The van der Waals surface area contributed by atoms with Crippen LogP contribution in [0.1, 0.15) is 15.9 Å². The number of rotatable bonds is 4. The predicted octanol–water partition coefficient (Wildman–Crippen LogP) is 2.10. The summed E-state index contributed by atoms with van der Waals surface area (Å²) in [5.41, 5.74) is 1.90. The molecule has 1 heterocycles. The summed E-state index contributed by atoms with van der Waals surface area (Å²) in [5.74, 6) is 0.494. The molecule has 0 bridgehead atoms. The van der Waals surface area contributed by atoms with E-state index >= 15 is 0 Å². The van der Waals surface area contributed by atoms with Gasteiger partial charge >= 0.3 is 0 Å². The first-order chi connectivity index (χ1) is 8.16. The van der Waals surface area contributed by atoms with E-state index in [-0.39, 0.29) is 5.78 Å².